The molecular formula is C9H18N2O. The molecule has 12 heavy (non-hydrogen) atoms. The van der Waals surface area contributed by atoms with Crippen LogP contribution in [0, 0.1) is 11.3 Å². The summed E-state index contributed by atoms with van der Waals surface area (Å²) in [5, 5.41) is 2.94. The van der Waals surface area contributed by atoms with Crippen LogP contribution >= 0.6 is 0 Å². The van der Waals surface area contributed by atoms with Crippen LogP contribution < -0.4 is 11.1 Å². The third kappa shape index (κ3) is 1.46. The largest absolute Gasteiger partial charge is 0.353 e. The van der Waals surface area contributed by atoms with E-state index in [-0.39, 0.29) is 11.3 Å². The Morgan fingerprint density at radius 1 is 1.67 bits per heavy atom. The molecular weight excluding hydrogens is 152 g/mol. The quantitative estimate of drug-likeness (QED) is 0.634. The Hall–Kier alpha value is -0.570. The molecule has 1 fully saturated rings. The van der Waals surface area contributed by atoms with Gasteiger partial charge < -0.3 is 11.1 Å². The second kappa shape index (κ2) is 3.05. The minimum absolute atomic E-state index is 0.0588. The van der Waals surface area contributed by atoms with Crippen molar-refractivity contribution >= 4 is 5.91 Å². The van der Waals surface area contributed by atoms with E-state index in [4.69, 9.17) is 5.73 Å². The third-order valence-corrected chi connectivity index (χ3v) is 3.13. The molecule has 1 saturated carbocycles. The van der Waals surface area contributed by atoms with E-state index in [0.717, 1.165) is 13.0 Å². The van der Waals surface area contributed by atoms with Gasteiger partial charge in [0.1, 0.15) is 0 Å². The van der Waals surface area contributed by atoms with Gasteiger partial charge in [-0.05, 0) is 24.3 Å². The summed E-state index contributed by atoms with van der Waals surface area (Å²) in [6.45, 7) is 6.61. The van der Waals surface area contributed by atoms with E-state index in [1.54, 1.807) is 6.92 Å². The van der Waals surface area contributed by atoms with Gasteiger partial charge in [0.2, 0.25) is 5.91 Å². The van der Waals surface area contributed by atoms with Gasteiger partial charge in [0.15, 0.2) is 0 Å². The Labute approximate surface area is 73.7 Å². The number of amides is 1. The van der Waals surface area contributed by atoms with E-state index in [9.17, 15) is 4.79 Å². The maximum Gasteiger partial charge on any atom is 0.217 e. The SMILES string of the molecule is CC(=O)N[C@H]1C[C@@H](CN)C1(C)C. The molecule has 3 N–H and O–H groups in total. The van der Waals surface area contributed by atoms with Gasteiger partial charge in [0, 0.05) is 13.0 Å². The standard InChI is InChI=1S/C9H18N2O/c1-6(12)11-8-4-7(5-10)9(8,2)3/h7-8H,4-5,10H2,1-3H3,(H,11,12)/t7-,8-/m0/s1. The molecule has 0 unspecified atom stereocenters. The van der Waals surface area contributed by atoms with Crippen molar-refractivity contribution in [2.24, 2.45) is 17.1 Å². The highest BCUT2D eigenvalue weighted by atomic mass is 16.1. The summed E-state index contributed by atoms with van der Waals surface area (Å²) < 4.78 is 0. The van der Waals surface area contributed by atoms with E-state index in [1.807, 2.05) is 0 Å². The summed E-state index contributed by atoms with van der Waals surface area (Å²) in [5.41, 5.74) is 5.77. The number of hydrogen-bond donors (Lipinski definition) is 2. The Morgan fingerprint density at radius 3 is 2.58 bits per heavy atom. The van der Waals surface area contributed by atoms with Crippen molar-refractivity contribution in [2.45, 2.75) is 33.2 Å². The normalized spacial score (nSPS) is 32.3. The van der Waals surface area contributed by atoms with Crippen LogP contribution in [0.1, 0.15) is 27.2 Å². The lowest BCUT2D eigenvalue weighted by molar-refractivity contribution is -0.123. The second-order valence-corrected chi connectivity index (χ2v) is 4.24. The van der Waals surface area contributed by atoms with Crippen LogP contribution in [0.15, 0.2) is 0 Å². The predicted molar refractivity (Wildman–Crippen MR) is 48.5 cm³/mol. The van der Waals surface area contributed by atoms with Gasteiger partial charge in [-0.25, -0.2) is 0 Å². The van der Waals surface area contributed by atoms with Gasteiger partial charge in [-0.15, -0.1) is 0 Å². The minimum Gasteiger partial charge on any atom is -0.353 e. The Balaban J connectivity index is 2.47. The lowest BCUT2D eigenvalue weighted by Crippen LogP contribution is -2.59. The van der Waals surface area contributed by atoms with Crippen LogP contribution in [0.25, 0.3) is 0 Å². The summed E-state index contributed by atoms with van der Waals surface area (Å²) in [6, 6.07) is 0.323. The monoisotopic (exact) mass is 170 g/mol. The van der Waals surface area contributed by atoms with Crippen LogP contribution in [0.3, 0.4) is 0 Å². The molecule has 0 aromatic carbocycles. The van der Waals surface area contributed by atoms with Gasteiger partial charge >= 0.3 is 0 Å². The van der Waals surface area contributed by atoms with Crippen molar-refractivity contribution in [1.29, 1.82) is 0 Å². The highest BCUT2D eigenvalue weighted by molar-refractivity contribution is 5.73. The van der Waals surface area contributed by atoms with E-state index < -0.39 is 0 Å². The molecule has 0 heterocycles. The first-order valence-corrected chi connectivity index (χ1v) is 4.45. The van der Waals surface area contributed by atoms with Crippen molar-refractivity contribution in [3.8, 4) is 0 Å². The zero-order chi connectivity index (χ0) is 9.35. The van der Waals surface area contributed by atoms with E-state index in [0.29, 0.717) is 12.0 Å². The maximum absolute atomic E-state index is 10.8. The van der Waals surface area contributed by atoms with Crippen LogP contribution in [0.2, 0.25) is 0 Å². The fourth-order valence-electron chi connectivity index (χ4n) is 1.91. The van der Waals surface area contributed by atoms with Crippen molar-refractivity contribution in [3.05, 3.63) is 0 Å². The summed E-state index contributed by atoms with van der Waals surface area (Å²) in [5.74, 6) is 0.623. The number of rotatable bonds is 2. The maximum atomic E-state index is 10.8. The van der Waals surface area contributed by atoms with Crippen molar-refractivity contribution < 1.29 is 4.79 Å². The highest BCUT2D eigenvalue weighted by Crippen LogP contribution is 2.45. The molecule has 0 spiro atoms. The summed E-state index contributed by atoms with van der Waals surface area (Å²) in [4.78, 5) is 10.8. The van der Waals surface area contributed by atoms with Crippen molar-refractivity contribution in [2.75, 3.05) is 6.54 Å². The zero-order valence-corrected chi connectivity index (χ0v) is 8.05. The fourth-order valence-corrected chi connectivity index (χ4v) is 1.91. The molecule has 1 aliphatic rings. The van der Waals surface area contributed by atoms with Gasteiger partial charge in [0.25, 0.3) is 0 Å². The Bertz CT molecular complexity index is 189. The molecule has 3 nitrogen and oxygen atoms in total. The Morgan fingerprint density at radius 2 is 2.25 bits per heavy atom. The highest BCUT2D eigenvalue weighted by Gasteiger charge is 2.47. The van der Waals surface area contributed by atoms with Crippen LogP contribution in [0.5, 0.6) is 0 Å². The van der Waals surface area contributed by atoms with Gasteiger partial charge in [-0.2, -0.15) is 0 Å². The number of hydrogen-bond acceptors (Lipinski definition) is 2. The molecule has 2 atom stereocenters. The average molecular weight is 170 g/mol. The average Bonchev–Trinajstić information content (AvgIpc) is 1.96. The fraction of sp³-hybridized carbons (Fsp3) is 0.889. The predicted octanol–water partition coefficient (Wildman–Crippen LogP) is 0.496. The Kier molecular flexibility index (Phi) is 2.42. The van der Waals surface area contributed by atoms with Gasteiger partial charge in [-0.3, -0.25) is 4.79 Å². The molecule has 0 aromatic rings. The summed E-state index contributed by atoms with van der Waals surface area (Å²) in [7, 11) is 0. The molecule has 0 radical (unpaired) electrons. The molecule has 0 bridgehead atoms. The molecule has 3 heteroatoms. The summed E-state index contributed by atoms with van der Waals surface area (Å²) in [6.07, 6.45) is 1.03. The second-order valence-electron chi connectivity index (χ2n) is 4.24. The molecule has 0 saturated heterocycles. The van der Waals surface area contributed by atoms with Crippen molar-refractivity contribution in [1.82, 2.24) is 5.32 Å². The molecule has 70 valence electrons. The first-order chi connectivity index (χ1) is 5.48. The van der Waals surface area contributed by atoms with Gasteiger partial charge in [0.05, 0.1) is 0 Å². The lowest BCUT2D eigenvalue weighted by atomic mass is 9.58. The number of nitrogens with two attached hydrogens (primary N) is 1. The lowest BCUT2D eigenvalue weighted by Gasteiger charge is -2.52. The first kappa shape index (κ1) is 9.52. The number of carbonyl (C=O) groups excluding carboxylic acids is 1. The van der Waals surface area contributed by atoms with E-state index in [1.165, 1.54) is 0 Å². The molecule has 1 rings (SSSR count). The zero-order valence-electron chi connectivity index (χ0n) is 8.05. The number of nitrogens with one attached hydrogen (secondary N) is 1. The topological polar surface area (TPSA) is 55.1 Å². The molecule has 1 aliphatic carbocycles. The minimum atomic E-state index is 0.0588. The van der Waals surface area contributed by atoms with Crippen LogP contribution in [-0.2, 0) is 4.79 Å². The van der Waals surface area contributed by atoms with E-state index in [2.05, 4.69) is 19.2 Å². The molecule has 1 amide bonds. The van der Waals surface area contributed by atoms with E-state index >= 15 is 0 Å². The smallest absolute Gasteiger partial charge is 0.217 e. The molecule has 0 aromatic heterocycles. The van der Waals surface area contributed by atoms with Gasteiger partial charge in [-0.1, -0.05) is 13.8 Å². The van der Waals surface area contributed by atoms with Crippen molar-refractivity contribution in [3.63, 3.8) is 0 Å². The summed E-state index contributed by atoms with van der Waals surface area (Å²) >= 11 is 0. The van der Waals surface area contributed by atoms with Crippen LogP contribution in [-0.4, -0.2) is 18.5 Å². The molecule has 0 aliphatic heterocycles. The van der Waals surface area contributed by atoms with Crippen LogP contribution in [0.4, 0.5) is 0 Å². The number of carbonyl (C=O) groups is 1. The third-order valence-electron chi connectivity index (χ3n) is 3.13. The first-order valence-electron chi connectivity index (χ1n) is 4.45.